The molecule has 3 nitrogen and oxygen atoms in total. The highest BCUT2D eigenvalue weighted by atomic mass is 32.2. The zero-order valence-electron chi connectivity index (χ0n) is 11.2. The number of rotatable bonds is 3. The minimum atomic E-state index is -3.24. The van der Waals surface area contributed by atoms with Gasteiger partial charge in [0.25, 0.3) is 0 Å². The Morgan fingerprint density at radius 1 is 1.32 bits per heavy atom. The molecule has 0 unspecified atom stereocenters. The van der Waals surface area contributed by atoms with E-state index in [0.29, 0.717) is 6.54 Å². The Balaban J connectivity index is 2.38. The van der Waals surface area contributed by atoms with Gasteiger partial charge in [-0.05, 0) is 37.5 Å². The Morgan fingerprint density at radius 2 is 2.11 bits per heavy atom. The first-order chi connectivity index (χ1) is 9.04. The van der Waals surface area contributed by atoms with Gasteiger partial charge < -0.3 is 0 Å². The van der Waals surface area contributed by atoms with E-state index in [4.69, 9.17) is 0 Å². The number of hydrogen-bond donors (Lipinski definition) is 0. The summed E-state index contributed by atoms with van der Waals surface area (Å²) in [6, 6.07) is 6.08. The van der Waals surface area contributed by atoms with Gasteiger partial charge in [0.15, 0.2) is 0 Å². The normalized spacial score (nSPS) is 22.1. The van der Waals surface area contributed by atoms with Crippen molar-refractivity contribution in [2.45, 2.75) is 38.6 Å². The third-order valence-corrected chi connectivity index (χ3v) is 5.54. The van der Waals surface area contributed by atoms with Crippen molar-refractivity contribution < 1.29 is 12.8 Å². The van der Waals surface area contributed by atoms with Crippen LogP contribution in [0.25, 0.3) is 0 Å². The molecule has 5 heteroatoms. The SMILES string of the molecule is CCS(=O)(=O)N1CCCCC[C@H]1c1cccc(F)c1. The highest BCUT2D eigenvalue weighted by Gasteiger charge is 2.30. The molecule has 2 rings (SSSR count). The maximum Gasteiger partial charge on any atom is 0.214 e. The second-order valence-corrected chi connectivity index (χ2v) is 7.14. The molecule has 0 N–H and O–H groups in total. The van der Waals surface area contributed by atoms with Gasteiger partial charge in [-0.1, -0.05) is 25.0 Å². The average molecular weight is 285 g/mol. The van der Waals surface area contributed by atoms with Crippen LogP contribution in [0.5, 0.6) is 0 Å². The van der Waals surface area contributed by atoms with Crippen molar-refractivity contribution in [1.29, 1.82) is 0 Å². The molecule has 19 heavy (non-hydrogen) atoms. The van der Waals surface area contributed by atoms with E-state index < -0.39 is 10.0 Å². The quantitative estimate of drug-likeness (QED) is 0.856. The summed E-state index contributed by atoms with van der Waals surface area (Å²) < 4.78 is 39.3. The first-order valence-electron chi connectivity index (χ1n) is 6.79. The zero-order chi connectivity index (χ0) is 13.9. The minimum Gasteiger partial charge on any atom is -0.212 e. The fraction of sp³-hybridized carbons (Fsp3) is 0.571. The standard InChI is InChI=1S/C14H20FNO2S/c1-2-19(17,18)16-10-5-3-4-9-14(16)12-7-6-8-13(15)11-12/h6-8,11,14H,2-5,9-10H2,1H3/t14-/m0/s1. The van der Waals surface area contributed by atoms with Crippen LogP contribution in [0.4, 0.5) is 4.39 Å². The lowest BCUT2D eigenvalue weighted by molar-refractivity contribution is 0.328. The Bertz CT molecular complexity index is 530. The molecule has 1 aliphatic rings. The van der Waals surface area contributed by atoms with Gasteiger partial charge in [0.05, 0.1) is 5.75 Å². The van der Waals surface area contributed by atoms with E-state index in [2.05, 4.69) is 0 Å². The lowest BCUT2D eigenvalue weighted by Gasteiger charge is -2.29. The van der Waals surface area contributed by atoms with Crippen LogP contribution in [-0.2, 0) is 10.0 Å². The van der Waals surface area contributed by atoms with E-state index in [1.807, 2.05) is 6.07 Å². The number of nitrogens with zero attached hydrogens (tertiary/aromatic N) is 1. The van der Waals surface area contributed by atoms with Crippen molar-refractivity contribution in [2.75, 3.05) is 12.3 Å². The van der Waals surface area contributed by atoms with Gasteiger partial charge in [-0.15, -0.1) is 0 Å². The van der Waals surface area contributed by atoms with Crippen LogP contribution in [0.15, 0.2) is 24.3 Å². The molecule has 1 saturated heterocycles. The van der Waals surface area contributed by atoms with Crippen LogP contribution in [0.1, 0.15) is 44.2 Å². The lowest BCUT2D eigenvalue weighted by Crippen LogP contribution is -2.35. The Kier molecular flexibility index (Phi) is 4.58. The third kappa shape index (κ3) is 3.34. The first kappa shape index (κ1) is 14.5. The number of benzene rings is 1. The van der Waals surface area contributed by atoms with Gasteiger partial charge in [0.2, 0.25) is 10.0 Å². The fourth-order valence-electron chi connectivity index (χ4n) is 2.63. The predicted octanol–water partition coefficient (Wildman–Crippen LogP) is 3.09. The summed E-state index contributed by atoms with van der Waals surface area (Å²) in [6.45, 7) is 2.19. The molecule has 1 atom stereocenters. The lowest BCUT2D eigenvalue weighted by atomic mass is 10.0. The summed E-state index contributed by atoms with van der Waals surface area (Å²) in [5.41, 5.74) is 0.763. The monoisotopic (exact) mass is 285 g/mol. The number of sulfonamides is 1. The number of hydrogen-bond acceptors (Lipinski definition) is 2. The fourth-order valence-corrected chi connectivity index (χ4v) is 3.98. The molecular formula is C14H20FNO2S. The van der Waals surface area contributed by atoms with Crippen molar-refractivity contribution in [3.05, 3.63) is 35.6 Å². The Labute approximate surface area is 114 Å². The molecule has 106 valence electrons. The zero-order valence-corrected chi connectivity index (χ0v) is 12.0. The van der Waals surface area contributed by atoms with Gasteiger partial charge in [-0.3, -0.25) is 0 Å². The molecule has 0 radical (unpaired) electrons. The molecular weight excluding hydrogens is 265 g/mol. The van der Waals surface area contributed by atoms with Crippen molar-refractivity contribution in [1.82, 2.24) is 4.31 Å². The van der Waals surface area contributed by atoms with Gasteiger partial charge in [0.1, 0.15) is 5.82 Å². The maximum absolute atomic E-state index is 13.4. The second-order valence-electron chi connectivity index (χ2n) is 4.93. The Morgan fingerprint density at radius 3 is 2.79 bits per heavy atom. The van der Waals surface area contributed by atoms with Gasteiger partial charge in [0, 0.05) is 12.6 Å². The maximum atomic E-state index is 13.4. The van der Waals surface area contributed by atoms with Crippen molar-refractivity contribution in [3.63, 3.8) is 0 Å². The van der Waals surface area contributed by atoms with Crippen molar-refractivity contribution in [3.8, 4) is 0 Å². The van der Waals surface area contributed by atoms with E-state index >= 15 is 0 Å². The summed E-state index contributed by atoms with van der Waals surface area (Å²) >= 11 is 0. The van der Waals surface area contributed by atoms with Crippen LogP contribution >= 0.6 is 0 Å². The average Bonchev–Trinajstić information content (AvgIpc) is 2.64. The summed E-state index contributed by atoms with van der Waals surface area (Å²) in [6.07, 6.45) is 3.66. The molecule has 0 bridgehead atoms. The molecule has 1 heterocycles. The van der Waals surface area contributed by atoms with Crippen LogP contribution in [0.3, 0.4) is 0 Å². The molecule has 0 aliphatic carbocycles. The van der Waals surface area contributed by atoms with Crippen LogP contribution < -0.4 is 0 Å². The van der Waals surface area contributed by atoms with Crippen LogP contribution in [-0.4, -0.2) is 25.0 Å². The molecule has 0 spiro atoms. The van der Waals surface area contributed by atoms with Gasteiger partial charge in [-0.2, -0.15) is 4.31 Å². The molecule has 1 aromatic rings. The van der Waals surface area contributed by atoms with Gasteiger partial charge >= 0.3 is 0 Å². The van der Waals surface area contributed by atoms with Gasteiger partial charge in [-0.25, -0.2) is 12.8 Å². The van der Waals surface area contributed by atoms with E-state index in [0.717, 1.165) is 31.2 Å². The van der Waals surface area contributed by atoms with Crippen molar-refractivity contribution in [2.24, 2.45) is 0 Å². The first-order valence-corrected chi connectivity index (χ1v) is 8.40. The number of halogens is 1. The van der Waals surface area contributed by atoms with Crippen LogP contribution in [0.2, 0.25) is 0 Å². The summed E-state index contributed by atoms with van der Waals surface area (Å²) in [4.78, 5) is 0. The van der Waals surface area contributed by atoms with Crippen molar-refractivity contribution >= 4 is 10.0 Å². The highest BCUT2D eigenvalue weighted by molar-refractivity contribution is 7.89. The molecule has 1 aliphatic heterocycles. The summed E-state index contributed by atoms with van der Waals surface area (Å²) in [5, 5.41) is 0. The summed E-state index contributed by atoms with van der Waals surface area (Å²) in [5.74, 6) is -0.214. The molecule has 1 fully saturated rings. The second kappa shape index (κ2) is 6.01. The van der Waals surface area contributed by atoms with E-state index in [9.17, 15) is 12.8 Å². The topological polar surface area (TPSA) is 37.4 Å². The minimum absolute atomic E-state index is 0.0960. The molecule has 0 amide bonds. The van der Waals surface area contributed by atoms with E-state index in [1.165, 1.54) is 12.1 Å². The van der Waals surface area contributed by atoms with E-state index in [-0.39, 0.29) is 17.6 Å². The van der Waals surface area contributed by atoms with Crippen LogP contribution in [0, 0.1) is 5.82 Å². The summed E-state index contributed by atoms with van der Waals surface area (Å²) in [7, 11) is -3.24. The molecule has 0 saturated carbocycles. The van der Waals surface area contributed by atoms with E-state index in [1.54, 1.807) is 17.3 Å². The Hall–Kier alpha value is -0.940. The smallest absolute Gasteiger partial charge is 0.212 e. The third-order valence-electron chi connectivity index (χ3n) is 3.66. The largest absolute Gasteiger partial charge is 0.214 e. The highest BCUT2D eigenvalue weighted by Crippen LogP contribution is 2.32. The molecule has 1 aromatic carbocycles. The predicted molar refractivity (Wildman–Crippen MR) is 73.8 cm³/mol. The molecule has 0 aromatic heterocycles.